The van der Waals surface area contributed by atoms with Gasteiger partial charge in [0, 0.05) is 43.0 Å². The van der Waals surface area contributed by atoms with Crippen molar-refractivity contribution in [2.24, 2.45) is 14.1 Å². The number of aryl methyl sites for hydroxylation is 3. The molecule has 0 aliphatic carbocycles. The average Bonchev–Trinajstić information content (AvgIpc) is 3.21. The molecule has 4 rings (SSSR count). The molecule has 160 valence electrons. The van der Waals surface area contributed by atoms with Crippen molar-refractivity contribution in [3.8, 4) is 22.3 Å². The van der Waals surface area contributed by atoms with Crippen LogP contribution in [0.25, 0.3) is 33.0 Å². The van der Waals surface area contributed by atoms with Gasteiger partial charge in [0.05, 0.1) is 16.8 Å². The second kappa shape index (κ2) is 7.81. The van der Waals surface area contributed by atoms with E-state index < -0.39 is 9.84 Å². The fourth-order valence-electron chi connectivity index (χ4n) is 3.90. The minimum absolute atomic E-state index is 0.0388. The maximum Gasteiger partial charge on any atom is 0.258 e. The van der Waals surface area contributed by atoms with E-state index in [2.05, 4.69) is 5.10 Å². The average molecular weight is 436 g/mol. The Labute approximate surface area is 181 Å². The maximum absolute atomic E-state index is 12.8. The van der Waals surface area contributed by atoms with Crippen LogP contribution in [0, 0.1) is 0 Å². The number of aromatic nitrogens is 3. The van der Waals surface area contributed by atoms with Gasteiger partial charge in [0.2, 0.25) is 0 Å². The van der Waals surface area contributed by atoms with Crippen LogP contribution in [-0.4, -0.2) is 28.5 Å². The third kappa shape index (κ3) is 3.70. The molecule has 0 saturated heterocycles. The van der Waals surface area contributed by atoms with Crippen LogP contribution in [0.15, 0.2) is 64.7 Å². The Morgan fingerprint density at radius 2 is 1.68 bits per heavy atom. The summed E-state index contributed by atoms with van der Waals surface area (Å²) in [5.74, 6) is 0.0388. The molecule has 0 bridgehead atoms. The molecule has 0 aliphatic heterocycles. The number of sulfone groups is 1. The summed E-state index contributed by atoms with van der Waals surface area (Å²) in [5, 5.41) is 5.64. The first-order chi connectivity index (χ1) is 14.7. The van der Waals surface area contributed by atoms with Crippen LogP contribution in [-0.2, 0) is 30.4 Å². The number of fused-ring (bicyclic) bond motifs is 1. The van der Waals surface area contributed by atoms with Crippen molar-refractivity contribution in [1.82, 2.24) is 14.3 Å². The van der Waals surface area contributed by atoms with Gasteiger partial charge >= 0.3 is 0 Å². The molecule has 0 spiro atoms. The molecule has 0 saturated carbocycles. The van der Waals surface area contributed by atoms with E-state index in [1.165, 1.54) is 0 Å². The number of hydrogen-bond donors (Lipinski definition) is 0. The molecule has 31 heavy (non-hydrogen) atoms. The number of pyridine rings is 1. The van der Waals surface area contributed by atoms with Crippen LogP contribution in [0.5, 0.6) is 0 Å². The van der Waals surface area contributed by atoms with E-state index >= 15 is 0 Å². The summed E-state index contributed by atoms with van der Waals surface area (Å²) >= 11 is 0. The molecule has 7 heteroatoms. The van der Waals surface area contributed by atoms with E-state index in [9.17, 15) is 13.2 Å². The zero-order valence-corrected chi connectivity index (χ0v) is 18.9. The summed E-state index contributed by atoms with van der Waals surface area (Å²) in [7, 11) is 0.228. The van der Waals surface area contributed by atoms with Crippen LogP contribution in [0.4, 0.5) is 0 Å². The van der Waals surface area contributed by atoms with Gasteiger partial charge in [-0.2, -0.15) is 5.10 Å². The van der Waals surface area contributed by atoms with Gasteiger partial charge in [-0.05, 0) is 52.8 Å². The molecule has 0 radical (unpaired) electrons. The van der Waals surface area contributed by atoms with Gasteiger partial charge in [-0.3, -0.25) is 9.48 Å². The fraction of sp³-hybridized carbons (Fsp3) is 0.250. The molecule has 2 aromatic heterocycles. The van der Waals surface area contributed by atoms with Gasteiger partial charge in [0.25, 0.3) is 5.56 Å². The highest BCUT2D eigenvalue weighted by molar-refractivity contribution is 7.91. The first kappa shape index (κ1) is 21.1. The molecular weight excluding hydrogens is 410 g/mol. The lowest BCUT2D eigenvalue weighted by Gasteiger charge is -2.15. The van der Waals surface area contributed by atoms with Crippen LogP contribution in [0.2, 0.25) is 0 Å². The fourth-order valence-corrected chi connectivity index (χ4v) is 4.81. The molecule has 4 aromatic rings. The summed E-state index contributed by atoms with van der Waals surface area (Å²) in [5.41, 5.74) is 4.52. The molecule has 0 fully saturated rings. The van der Waals surface area contributed by atoms with Crippen LogP contribution < -0.4 is 5.56 Å². The second-order valence-electron chi connectivity index (χ2n) is 7.70. The third-order valence-corrected chi connectivity index (χ3v) is 7.45. The second-order valence-corrected chi connectivity index (χ2v) is 9.98. The normalized spacial score (nSPS) is 11.9. The Kier molecular flexibility index (Phi) is 5.31. The molecule has 0 N–H and O–H groups in total. The molecule has 6 nitrogen and oxygen atoms in total. The summed E-state index contributed by atoms with van der Waals surface area (Å²) < 4.78 is 28.4. The number of benzene rings is 2. The Bertz CT molecular complexity index is 1460. The Balaban J connectivity index is 2.06. The van der Waals surface area contributed by atoms with Crippen molar-refractivity contribution in [2.45, 2.75) is 25.2 Å². The third-order valence-electron chi connectivity index (χ3n) is 5.71. The molecule has 2 aromatic carbocycles. The summed E-state index contributed by atoms with van der Waals surface area (Å²) in [6.07, 6.45) is 6.25. The minimum atomic E-state index is -3.35. The number of rotatable bonds is 5. The van der Waals surface area contributed by atoms with Crippen molar-refractivity contribution < 1.29 is 8.42 Å². The van der Waals surface area contributed by atoms with Crippen molar-refractivity contribution in [2.75, 3.05) is 5.75 Å². The largest absolute Gasteiger partial charge is 0.317 e. The monoisotopic (exact) mass is 435 g/mol. The molecular formula is C24H25N3O3S. The van der Waals surface area contributed by atoms with Gasteiger partial charge in [-0.15, -0.1) is 0 Å². The van der Waals surface area contributed by atoms with E-state index in [1.54, 1.807) is 47.7 Å². The standard InChI is InChI=1S/C24H25N3O3S/c1-5-16-7-9-19(31(29,30)6-2)12-21(16)23-15-26(3)24(28)20-10-8-17(11-22(20)23)18-13-25-27(4)14-18/h7-15H,5-6H2,1-4H3. The van der Waals surface area contributed by atoms with E-state index in [-0.39, 0.29) is 11.3 Å². The lowest BCUT2D eigenvalue weighted by molar-refractivity contribution is 0.597. The quantitative estimate of drug-likeness (QED) is 0.476. The van der Waals surface area contributed by atoms with Crippen molar-refractivity contribution in [3.05, 3.63) is 70.9 Å². The lowest BCUT2D eigenvalue weighted by Crippen LogP contribution is -2.17. The maximum atomic E-state index is 12.8. The van der Waals surface area contributed by atoms with Crippen LogP contribution in [0.3, 0.4) is 0 Å². The van der Waals surface area contributed by atoms with Gasteiger partial charge < -0.3 is 4.57 Å². The Morgan fingerprint density at radius 3 is 2.32 bits per heavy atom. The summed E-state index contributed by atoms with van der Waals surface area (Å²) in [4.78, 5) is 13.1. The summed E-state index contributed by atoms with van der Waals surface area (Å²) in [6, 6.07) is 11.0. The van der Waals surface area contributed by atoms with E-state index in [1.807, 2.05) is 44.4 Å². The molecule has 2 heterocycles. The minimum Gasteiger partial charge on any atom is -0.317 e. The first-order valence-corrected chi connectivity index (χ1v) is 11.9. The number of hydrogen-bond acceptors (Lipinski definition) is 4. The smallest absolute Gasteiger partial charge is 0.258 e. The van der Waals surface area contributed by atoms with Crippen molar-refractivity contribution in [1.29, 1.82) is 0 Å². The molecule has 0 atom stereocenters. The van der Waals surface area contributed by atoms with Crippen LogP contribution in [0.1, 0.15) is 19.4 Å². The van der Waals surface area contributed by atoms with Crippen molar-refractivity contribution >= 4 is 20.6 Å². The predicted octanol–water partition coefficient (Wildman–Crippen LogP) is 3.96. The van der Waals surface area contributed by atoms with E-state index in [0.717, 1.165) is 39.6 Å². The Hall–Kier alpha value is -3.19. The highest BCUT2D eigenvalue weighted by atomic mass is 32.2. The SMILES string of the molecule is CCc1ccc(S(=O)(=O)CC)cc1-c1cn(C)c(=O)c2ccc(-c3cnn(C)c3)cc12. The first-order valence-electron chi connectivity index (χ1n) is 10.2. The van der Waals surface area contributed by atoms with E-state index in [0.29, 0.717) is 10.3 Å². The lowest BCUT2D eigenvalue weighted by atomic mass is 9.93. The van der Waals surface area contributed by atoms with E-state index in [4.69, 9.17) is 0 Å². The zero-order chi connectivity index (χ0) is 22.3. The molecule has 0 unspecified atom stereocenters. The highest BCUT2D eigenvalue weighted by Gasteiger charge is 2.18. The van der Waals surface area contributed by atoms with Gasteiger partial charge in [0.15, 0.2) is 9.84 Å². The van der Waals surface area contributed by atoms with Gasteiger partial charge in [0.1, 0.15) is 0 Å². The predicted molar refractivity (Wildman–Crippen MR) is 124 cm³/mol. The summed E-state index contributed by atoms with van der Waals surface area (Å²) in [6.45, 7) is 3.68. The molecule has 0 aliphatic rings. The Morgan fingerprint density at radius 1 is 0.903 bits per heavy atom. The van der Waals surface area contributed by atoms with Crippen LogP contribution >= 0.6 is 0 Å². The van der Waals surface area contributed by atoms with Gasteiger partial charge in [-0.1, -0.05) is 26.0 Å². The zero-order valence-electron chi connectivity index (χ0n) is 18.1. The number of nitrogens with zero attached hydrogens (tertiary/aromatic N) is 3. The van der Waals surface area contributed by atoms with Gasteiger partial charge in [-0.25, -0.2) is 8.42 Å². The van der Waals surface area contributed by atoms with Crippen molar-refractivity contribution in [3.63, 3.8) is 0 Å². The highest BCUT2D eigenvalue weighted by Crippen LogP contribution is 2.34. The topological polar surface area (TPSA) is 74.0 Å². The molecule has 0 amide bonds.